The molecule has 2 atom stereocenters. The van der Waals surface area contributed by atoms with Crippen LogP contribution in [0.25, 0.3) is 0 Å². The first-order valence-corrected chi connectivity index (χ1v) is 8.07. The summed E-state index contributed by atoms with van der Waals surface area (Å²) in [5.41, 5.74) is 1.26. The molecule has 1 aromatic carbocycles. The van der Waals surface area contributed by atoms with E-state index in [0.717, 1.165) is 30.7 Å². The van der Waals surface area contributed by atoms with E-state index >= 15 is 0 Å². The molecule has 0 amide bonds. The number of hydrogen-bond acceptors (Lipinski definition) is 3. The molecule has 1 aromatic rings. The Labute approximate surface area is 128 Å². The zero-order valence-corrected chi connectivity index (χ0v) is 13.0. The number of rotatable bonds is 7. The maximum absolute atomic E-state index is 8.46. The summed E-state index contributed by atoms with van der Waals surface area (Å²) in [5, 5.41) is 12.0. The molecule has 1 saturated carbocycles. The van der Waals surface area contributed by atoms with Crippen molar-refractivity contribution in [3.05, 3.63) is 29.8 Å². The van der Waals surface area contributed by atoms with Crippen LogP contribution in [0.1, 0.15) is 44.6 Å². The van der Waals surface area contributed by atoms with Crippen LogP contribution in [0.5, 0.6) is 5.75 Å². The van der Waals surface area contributed by atoms with Crippen molar-refractivity contribution in [2.75, 3.05) is 13.2 Å². The highest BCUT2D eigenvalue weighted by atomic mass is 16.5. The predicted octanol–water partition coefficient (Wildman–Crippen LogP) is 3.89. The number of nitriles is 1. The van der Waals surface area contributed by atoms with Crippen LogP contribution in [0.15, 0.2) is 24.3 Å². The van der Waals surface area contributed by atoms with Crippen molar-refractivity contribution in [2.24, 2.45) is 11.8 Å². The monoisotopic (exact) mass is 286 g/mol. The Morgan fingerprint density at radius 1 is 1.29 bits per heavy atom. The summed E-state index contributed by atoms with van der Waals surface area (Å²) in [6.07, 6.45) is 6.96. The van der Waals surface area contributed by atoms with Gasteiger partial charge in [-0.15, -0.1) is 0 Å². The van der Waals surface area contributed by atoms with Gasteiger partial charge >= 0.3 is 0 Å². The third-order valence-corrected chi connectivity index (χ3v) is 4.33. The van der Waals surface area contributed by atoms with Crippen LogP contribution >= 0.6 is 0 Å². The first-order valence-electron chi connectivity index (χ1n) is 8.07. The van der Waals surface area contributed by atoms with Gasteiger partial charge in [0.15, 0.2) is 6.61 Å². The van der Waals surface area contributed by atoms with Crippen LogP contribution < -0.4 is 10.1 Å². The van der Waals surface area contributed by atoms with Crippen molar-refractivity contribution < 1.29 is 4.74 Å². The molecule has 1 fully saturated rings. The molecule has 3 heteroatoms. The van der Waals surface area contributed by atoms with Crippen LogP contribution in [-0.2, 0) is 6.54 Å². The van der Waals surface area contributed by atoms with Crippen molar-refractivity contribution in [1.82, 2.24) is 5.32 Å². The van der Waals surface area contributed by atoms with Crippen LogP contribution in [0.2, 0.25) is 0 Å². The maximum Gasteiger partial charge on any atom is 0.174 e. The molecular formula is C18H26N2O. The lowest BCUT2D eigenvalue weighted by atomic mass is 9.81. The SMILES string of the molecule is CC1CCCC(CCNCc2ccc(OCC#N)cc2)C1. The summed E-state index contributed by atoms with van der Waals surface area (Å²) in [6.45, 7) is 4.50. The summed E-state index contributed by atoms with van der Waals surface area (Å²) < 4.78 is 5.24. The summed E-state index contributed by atoms with van der Waals surface area (Å²) in [4.78, 5) is 0. The van der Waals surface area contributed by atoms with Crippen LogP contribution in [-0.4, -0.2) is 13.2 Å². The highest BCUT2D eigenvalue weighted by molar-refractivity contribution is 5.27. The lowest BCUT2D eigenvalue weighted by molar-refractivity contribution is 0.267. The highest BCUT2D eigenvalue weighted by Gasteiger charge is 2.17. The molecule has 1 aliphatic carbocycles. The summed E-state index contributed by atoms with van der Waals surface area (Å²) in [5.74, 6) is 2.60. The molecule has 2 unspecified atom stereocenters. The van der Waals surface area contributed by atoms with Gasteiger partial charge in [-0.2, -0.15) is 5.26 Å². The average molecular weight is 286 g/mol. The lowest BCUT2D eigenvalue weighted by Gasteiger charge is -2.26. The molecule has 0 bridgehead atoms. The molecule has 0 spiro atoms. The van der Waals surface area contributed by atoms with Gasteiger partial charge in [0.05, 0.1) is 0 Å². The minimum atomic E-state index is 0.109. The summed E-state index contributed by atoms with van der Waals surface area (Å²) >= 11 is 0. The Morgan fingerprint density at radius 3 is 2.81 bits per heavy atom. The number of ether oxygens (including phenoxy) is 1. The second-order valence-corrected chi connectivity index (χ2v) is 6.19. The Bertz CT molecular complexity index is 449. The van der Waals surface area contributed by atoms with Gasteiger partial charge in [0.2, 0.25) is 0 Å². The van der Waals surface area contributed by atoms with Gasteiger partial charge in [-0.3, -0.25) is 0 Å². The second kappa shape index (κ2) is 8.69. The van der Waals surface area contributed by atoms with E-state index in [1.54, 1.807) is 0 Å². The van der Waals surface area contributed by atoms with Gasteiger partial charge in [-0.05, 0) is 48.9 Å². The van der Waals surface area contributed by atoms with E-state index in [-0.39, 0.29) is 6.61 Å². The predicted molar refractivity (Wildman–Crippen MR) is 85.0 cm³/mol. The van der Waals surface area contributed by atoms with Gasteiger partial charge in [0.25, 0.3) is 0 Å². The van der Waals surface area contributed by atoms with Gasteiger partial charge in [0, 0.05) is 6.54 Å². The molecule has 1 aliphatic rings. The van der Waals surface area contributed by atoms with Crippen molar-refractivity contribution >= 4 is 0 Å². The van der Waals surface area contributed by atoms with Crippen LogP contribution in [0, 0.1) is 23.2 Å². The number of benzene rings is 1. The number of nitrogens with one attached hydrogen (secondary N) is 1. The van der Waals surface area contributed by atoms with Gasteiger partial charge in [-0.1, -0.05) is 38.3 Å². The smallest absolute Gasteiger partial charge is 0.174 e. The van der Waals surface area contributed by atoms with Crippen molar-refractivity contribution in [3.8, 4) is 11.8 Å². The molecule has 0 aliphatic heterocycles. The van der Waals surface area contributed by atoms with Gasteiger partial charge in [0.1, 0.15) is 11.8 Å². The molecular weight excluding hydrogens is 260 g/mol. The first-order chi connectivity index (χ1) is 10.3. The van der Waals surface area contributed by atoms with Gasteiger partial charge < -0.3 is 10.1 Å². The summed E-state index contributed by atoms with van der Waals surface area (Å²) in [6, 6.07) is 9.94. The number of nitrogens with zero attached hydrogens (tertiary/aromatic N) is 1. The third kappa shape index (κ3) is 5.77. The first kappa shape index (κ1) is 15.9. The van der Waals surface area contributed by atoms with E-state index in [0.29, 0.717) is 0 Å². The van der Waals surface area contributed by atoms with E-state index in [1.807, 2.05) is 18.2 Å². The standard InChI is InChI=1S/C18H26N2O/c1-15-3-2-4-16(13-15)9-11-20-14-17-5-7-18(8-6-17)21-12-10-19/h5-8,15-16,20H,2-4,9,11-14H2,1H3. The van der Waals surface area contributed by atoms with E-state index in [4.69, 9.17) is 10.00 Å². The molecule has 0 heterocycles. The lowest BCUT2D eigenvalue weighted by Crippen LogP contribution is -2.21. The molecule has 2 rings (SSSR count). The summed E-state index contributed by atoms with van der Waals surface area (Å²) in [7, 11) is 0. The van der Waals surface area contributed by atoms with Crippen molar-refractivity contribution in [1.29, 1.82) is 5.26 Å². The highest BCUT2D eigenvalue weighted by Crippen LogP contribution is 2.30. The minimum Gasteiger partial charge on any atom is -0.479 e. The quantitative estimate of drug-likeness (QED) is 0.773. The normalized spacial score (nSPS) is 21.7. The fourth-order valence-corrected chi connectivity index (χ4v) is 3.18. The fraction of sp³-hybridized carbons (Fsp3) is 0.611. The average Bonchev–Trinajstić information content (AvgIpc) is 2.51. The molecule has 114 valence electrons. The van der Waals surface area contributed by atoms with E-state index < -0.39 is 0 Å². The molecule has 0 aromatic heterocycles. The minimum absolute atomic E-state index is 0.109. The Kier molecular flexibility index (Phi) is 6.56. The largest absolute Gasteiger partial charge is 0.479 e. The molecule has 1 N–H and O–H groups in total. The topological polar surface area (TPSA) is 45.0 Å². The molecule has 0 saturated heterocycles. The van der Waals surface area contributed by atoms with Crippen LogP contribution in [0.4, 0.5) is 0 Å². The van der Waals surface area contributed by atoms with Crippen LogP contribution in [0.3, 0.4) is 0 Å². The Hall–Kier alpha value is -1.53. The van der Waals surface area contributed by atoms with E-state index in [1.165, 1.54) is 37.7 Å². The molecule has 3 nitrogen and oxygen atoms in total. The maximum atomic E-state index is 8.46. The number of hydrogen-bond donors (Lipinski definition) is 1. The van der Waals surface area contributed by atoms with Crippen molar-refractivity contribution in [2.45, 2.75) is 45.6 Å². The zero-order valence-electron chi connectivity index (χ0n) is 13.0. The Balaban J connectivity index is 1.63. The van der Waals surface area contributed by atoms with E-state index in [9.17, 15) is 0 Å². The Morgan fingerprint density at radius 2 is 2.10 bits per heavy atom. The van der Waals surface area contributed by atoms with E-state index in [2.05, 4.69) is 24.4 Å². The van der Waals surface area contributed by atoms with Crippen molar-refractivity contribution in [3.63, 3.8) is 0 Å². The fourth-order valence-electron chi connectivity index (χ4n) is 3.18. The molecule has 21 heavy (non-hydrogen) atoms. The molecule has 0 radical (unpaired) electrons. The zero-order chi connectivity index (χ0) is 14.9. The third-order valence-electron chi connectivity index (χ3n) is 4.33. The van der Waals surface area contributed by atoms with Gasteiger partial charge in [-0.25, -0.2) is 0 Å². The second-order valence-electron chi connectivity index (χ2n) is 6.19.